The van der Waals surface area contributed by atoms with Crippen molar-refractivity contribution in [1.29, 1.82) is 0 Å². The van der Waals surface area contributed by atoms with Crippen LogP contribution in [0.15, 0.2) is 12.3 Å². The Hall–Kier alpha value is -2.42. The Balaban J connectivity index is 1.60. The van der Waals surface area contributed by atoms with Gasteiger partial charge in [-0.05, 0) is 64.7 Å². The maximum Gasteiger partial charge on any atom is 0.404 e. The minimum absolute atomic E-state index is 0.0567. The Morgan fingerprint density at radius 1 is 1.07 bits per heavy atom. The van der Waals surface area contributed by atoms with E-state index in [4.69, 9.17) is 5.11 Å². The van der Waals surface area contributed by atoms with Gasteiger partial charge in [-0.25, -0.2) is 14.2 Å². The van der Waals surface area contributed by atoms with Crippen LogP contribution in [-0.4, -0.2) is 65.3 Å². The lowest BCUT2D eigenvalue weighted by molar-refractivity contribution is 0.0923. The maximum atomic E-state index is 13.7. The van der Waals surface area contributed by atoms with E-state index >= 15 is 0 Å². The highest BCUT2D eigenvalue weighted by Crippen LogP contribution is 2.22. The smallest absolute Gasteiger partial charge is 0.404 e. The molecule has 0 atom stereocenters. The number of rotatable bonds is 5. The molecule has 0 aromatic carbocycles. The van der Waals surface area contributed by atoms with Gasteiger partial charge < -0.3 is 26.0 Å². The molecule has 1 saturated heterocycles. The van der Waals surface area contributed by atoms with Gasteiger partial charge in [0, 0.05) is 18.1 Å². The van der Waals surface area contributed by atoms with Gasteiger partial charge in [-0.3, -0.25) is 4.79 Å². The first-order valence-corrected chi connectivity index (χ1v) is 9.81. The summed E-state index contributed by atoms with van der Waals surface area (Å²) in [6.45, 7) is 1.93. The molecule has 1 aromatic rings. The highest BCUT2D eigenvalue weighted by atomic mass is 19.1. The summed E-state index contributed by atoms with van der Waals surface area (Å²) in [4.78, 5) is 29.9. The topological polar surface area (TPSA) is 107 Å². The average molecular weight is 393 g/mol. The van der Waals surface area contributed by atoms with E-state index in [-0.39, 0.29) is 29.6 Å². The fourth-order valence-corrected chi connectivity index (χ4v) is 3.89. The summed E-state index contributed by atoms with van der Waals surface area (Å²) in [6.07, 6.45) is 4.67. The molecule has 2 heterocycles. The molecule has 3 rings (SSSR count). The first-order chi connectivity index (χ1) is 13.4. The molecular weight excluding hydrogens is 365 g/mol. The van der Waals surface area contributed by atoms with Crippen molar-refractivity contribution in [2.24, 2.45) is 0 Å². The first-order valence-electron chi connectivity index (χ1n) is 9.81. The number of aromatic nitrogens is 1. The second-order valence-electron chi connectivity index (χ2n) is 7.74. The number of carbonyl (C=O) groups is 2. The molecule has 1 aliphatic heterocycles. The van der Waals surface area contributed by atoms with Gasteiger partial charge in [-0.2, -0.15) is 0 Å². The van der Waals surface area contributed by atoms with Gasteiger partial charge in [0.25, 0.3) is 5.91 Å². The van der Waals surface area contributed by atoms with E-state index < -0.39 is 11.9 Å². The molecule has 28 heavy (non-hydrogen) atoms. The molecule has 154 valence electrons. The number of halogens is 1. The van der Waals surface area contributed by atoms with Crippen molar-refractivity contribution in [2.45, 2.75) is 56.7 Å². The number of hydrogen-bond donors (Lipinski definition) is 4. The summed E-state index contributed by atoms with van der Waals surface area (Å²) >= 11 is 0. The van der Waals surface area contributed by atoms with Gasteiger partial charge in [0.1, 0.15) is 11.6 Å². The van der Waals surface area contributed by atoms with Crippen LogP contribution in [0.4, 0.5) is 15.0 Å². The molecule has 0 bridgehead atoms. The Morgan fingerprint density at radius 2 is 1.68 bits per heavy atom. The Kier molecular flexibility index (Phi) is 6.66. The number of carbonyl (C=O) groups excluding carboxylic acids is 1. The number of anilines is 1. The fourth-order valence-electron chi connectivity index (χ4n) is 3.89. The quantitative estimate of drug-likeness (QED) is 0.610. The molecule has 8 nitrogen and oxygen atoms in total. The number of nitrogens with one attached hydrogen (secondary N) is 3. The molecule has 2 aliphatic rings. The highest BCUT2D eigenvalue weighted by Gasteiger charge is 2.26. The number of carboxylic acid groups (broad SMARTS) is 1. The average Bonchev–Trinajstić information content (AvgIpc) is 2.66. The molecule has 1 aliphatic carbocycles. The van der Waals surface area contributed by atoms with E-state index in [1.165, 1.54) is 6.07 Å². The summed E-state index contributed by atoms with van der Waals surface area (Å²) in [5.74, 6) is -0.486. The third-order valence-corrected chi connectivity index (χ3v) is 5.55. The van der Waals surface area contributed by atoms with Crippen LogP contribution < -0.4 is 16.0 Å². The number of amides is 2. The van der Waals surface area contributed by atoms with Crippen molar-refractivity contribution >= 4 is 17.8 Å². The van der Waals surface area contributed by atoms with Crippen molar-refractivity contribution in [2.75, 3.05) is 25.5 Å². The zero-order valence-electron chi connectivity index (χ0n) is 16.1. The van der Waals surface area contributed by atoms with E-state index in [1.54, 1.807) is 0 Å². The van der Waals surface area contributed by atoms with Crippen LogP contribution in [0.2, 0.25) is 0 Å². The number of hydrogen-bond acceptors (Lipinski definition) is 5. The van der Waals surface area contributed by atoms with Gasteiger partial charge in [-0.15, -0.1) is 0 Å². The summed E-state index contributed by atoms with van der Waals surface area (Å²) in [5, 5.41) is 17.5. The number of nitrogens with zero attached hydrogens (tertiary/aromatic N) is 2. The minimum atomic E-state index is -1.03. The van der Waals surface area contributed by atoms with Gasteiger partial charge in [-0.1, -0.05) is 0 Å². The van der Waals surface area contributed by atoms with Crippen LogP contribution >= 0.6 is 0 Å². The van der Waals surface area contributed by atoms with Crippen LogP contribution in [0.1, 0.15) is 48.9 Å². The second kappa shape index (κ2) is 9.18. The molecule has 1 aromatic heterocycles. The molecule has 1 saturated carbocycles. The SMILES string of the molecule is CN1CCC(Nc2ncc(F)cc2C(=O)N[C@H]2CC[C@@H](NC(=O)O)CC2)CC1. The van der Waals surface area contributed by atoms with Crippen molar-refractivity contribution in [3.8, 4) is 0 Å². The van der Waals surface area contributed by atoms with Gasteiger partial charge in [0.15, 0.2) is 0 Å². The lowest BCUT2D eigenvalue weighted by Crippen LogP contribution is -2.43. The van der Waals surface area contributed by atoms with E-state index in [2.05, 4.69) is 32.9 Å². The summed E-state index contributed by atoms with van der Waals surface area (Å²) in [5.41, 5.74) is 0.213. The summed E-state index contributed by atoms with van der Waals surface area (Å²) < 4.78 is 13.7. The predicted molar refractivity (Wildman–Crippen MR) is 103 cm³/mol. The third kappa shape index (κ3) is 5.54. The van der Waals surface area contributed by atoms with E-state index in [0.717, 1.165) is 32.1 Å². The molecule has 2 amide bonds. The van der Waals surface area contributed by atoms with Gasteiger partial charge in [0.2, 0.25) is 0 Å². The molecule has 0 spiro atoms. The largest absolute Gasteiger partial charge is 0.465 e. The Bertz CT molecular complexity index is 701. The number of piperidine rings is 1. The molecule has 2 fully saturated rings. The standard InChI is InChI=1S/C19H28FN5O3/c1-25-8-6-15(7-9-25)22-17-16(10-12(20)11-21-17)18(26)23-13-2-4-14(5-3-13)24-19(27)28/h10-11,13-15,24H,2-9H2,1H3,(H,21,22)(H,23,26)(H,27,28)/t13-,14+. The van der Waals surface area contributed by atoms with Gasteiger partial charge >= 0.3 is 6.09 Å². The van der Waals surface area contributed by atoms with Crippen molar-refractivity contribution in [3.05, 3.63) is 23.6 Å². The minimum Gasteiger partial charge on any atom is -0.465 e. The Labute approximate surface area is 163 Å². The van der Waals surface area contributed by atoms with Crippen LogP contribution in [0.5, 0.6) is 0 Å². The fraction of sp³-hybridized carbons (Fsp3) is 0.632. The molecule has 4 N–H and O–H groups in total. The van der Waals surface area contributed by atoms with Crippen LogP contribution in [0, 0.1) is 5.82 Å². The van der Waals surface area contributed by atoms with Crippen molar-refractivity contribution in [3.63, 3.8) is 0 Å². The molecule has 9 heteroatoms. The summed E-state index contributed by atoms with van der Waals surface area (Å²) in [7, 11) is 2.08. The van der Waals surface area contributed by atoms with Gasteiger partial charge in [0.05, 0.1) is 11.8 Å². The lowest BCUT2D eigenvalue weighted by Gasteiger charge is -2.31. The van der Waals surface area contributed by atoms with E-state index in [9.17, 15) is 14.0 Å². The first kappa shape index (κ1) is 20.3. The monoisotopic (exact) mass is 393 g/mol. The lowest BCUT2D eigenvalue weighted by atomic mass is 9.91. The van der Waals surface area contributed by atoms with E-state index in [0.29, 0.717) is 31.5 Å². The van der Waals surface area contributed by atoms with Crippen LogP contribution in [0.25, 0.3) is 0 Å². The highest BCUT2D eigenvalue weighted by molar-refractivity contribution is 5.99. The Morgan fingerprint density at radius 3 is 2.29 bits per heavy atom. The predicted octanol–water partition coefficient (Wildman–Crippen LogP) is 2.04. The summed E-state index contributed by atoms with van der Waals surface area (Å²) in [6, 6.07) is 1.29. The molecule has 0 unspecified atom stereocenters. The van der Waals surface area contributed by atoms with Crippen molar-refractivity contribution < 1.29 is 19.1 Å². The zero-order valence-corrected chi connectivity index (χ0v) is 16.1. The molecular formula is C19H28FN5O3. The number of likely N-dealkylation sites (tertiary alicyclic amines) is 1. The maximum absolute atomic E-state index is 13.7. The van der Waals surface area contributed by atoms with E-state index in [1.807, 2.05) is 0 Å². The van der Waals surface area contributed by atoms with Crippen molar-refractivity contribution in [1.82, 2.24) is 20.5 Å². The second-order valence-corrected chi connectivity index (χ2v) is 7.74. The third-order valence-electron chi connectivity index (χ3n) is 5.55. The zero-order chi connectivity index (χ0) is 20.1. The van der Waals surface area contributed by atoms with Crippen LogP contribution in [-0.2, 0) is 0 Å². The van der Waals surface area contributed by atoms with Crippen LogP contribution in [0.3, 0.4) is 0 Å². The number of pyridine rings is 1. The normalized spacial score (nSPS) is 23.8. The molecule has 0 radical (unpaired) electrons.